The van der Waals surface area contributed by atoms with Crippen molar-refractivity contribution in [2.24, 2.45) is 0 Å². The summed E-state index contributed by atoms with van der Waals surface area (Å²) in [5.74, 6) is 0.588. The monoisotopic (exact) mass is 330 g/mol. The minimum atomic E-state index is -0.0822. The Hall–Kier alpha value is -1.36. The molecule has 132 valence electrons. The summed E-state index contributed by atoms with van der Waals surface area (Å²) in [6.07, 6.45) is 6.15. The fourth-order valence-electron chi connectivity index (χ4n) is 4.05. The third-order valence-corrected chi connectivity index (χ3v) is 5.57. The van der Waals surface area contributed by atoms with Gasteiger partial charge < -0.3 is 5.32 Å². The molecule has 5 heteroatoms. The molecule has 4 rings (SSSR count). The van der Waals surface area contributed by atoms with Crippen molar-refractivity contribution in [3.63, 3.8) is 0 Å². The van der Waals surface area contributed by atoms with Gasteiger partial charge >= 0.3 is 0 Å². The van der Waals surface area contributed by atoms with Gasteiger partial charge in [-0.1, -0.05) is 0 Å². The van der Waals surface area contributed by atoms with Gasteiger partial charge in [-0.25, -0.2) is 0 Å². The Kier molecular flexibility index (Phi) is 3.75. The zero-order chi connectivity index (χ0) is 17.1. The van der Waals surface area contributed by atoms with Crippen molar-refractivity contribution in [1.82, 2.24) is 20.0 Å². The summed E-state index contributed by atoms with van der Waals surface area (Å²) in [7, 11) is 0. The predicted molar refractivity (Wildman–Crippen MR) is 94.3 cm³/mol. The SMILES string of the molecule is CC1CC(NC(=O)c2cc(C3CC3)n(C(C)(C)C)n2)CN1C1CC1. The predicted octanol–water partition coefficient (Wildman–Crippen LogP) is 2.87. The first-order valence-electron chi connectivity index (χ1n) is 9.50. The maximum absolute atomic E-state index is 12.7. The number of carbonyl (C=O) groups is 1. The van der Waals surface area contributed by atoms with E-state index >= 15 is 0 Å². The highest BCUT2D eigenvalue weighted by atomic mass is 16.2. The molecule has 1 amide bonds. The van der Waals surface area contributed by atoms with Crippen LogP contribution in [0.25, 0.3) is 0 Å². The van der Waals surface area contributed by atoms with Gasteiger partial charge in [-0.3, -0.25) is 14.4 Å². The summed E-state index contributed by atoms with van der Waals surface area (Å²) < 4.78 is 2.06. The Labute approximate surface area is 144 Å². The zero-order valence-corrected chi connectivity index (χ0v) is 15.4. The van der Waals surface area contributed by atoms with Crippen LogP contribution in [0.1, 0.15) is 81.9 Å². The van der Waals surface area contributed by atoms with E-state index in [9.17, 15) is 4.79 Å². The van der Waals surface area contributed by atoms with Gasteiger partial charge in [0.2, 0.25) is 0 Å². The van der Waals surface area contributed by atoms with E-state index in [1.54, 1.807) is 0 Å². The summed E-state index contributed by atoms with van der Waals surface area (Å²) >= 11 is 0. The number of likely N-dealkylation sites (tertiary alicyclic amines) is 1. The van der Waals surface area contributed by atoms with Gasteiger partial charge in [0, 0.05) is 36.3 Å². The first-order valence-corrected chi connectivity index (χ1v) is 9.50. The van der Waals surface area contributed by atoms with Crippen LogP contribution in [0, 0.1) is 0 Å². The number of carbonyl (C=O) groups excluding carboxylic acids is 1. The van der Waals surface area contributed by atoms with Crippen molar-refractivity contribution in [1.29, 1.82) is 0 Å². The second kappa shape index (κ2) is 5.58. The van der Waals surface area contributed by atoms with Crippen molar-refractivity contribution >= 4 is 5.91 Å². The lowest BCUT2D eigenvalue weighted by atomic mass is 10.1. The van der Waals surface area contributed by atoms with Crippen LogP contribution in [0.5, 0.6) is 0 Å². The first kappa shape index (κ1) is 16.1. The molecular formula is C19H30N4O. The number of aromatic nitrogens is 2. The smallest absolute Gasteiger partial charge is 0.272 e. The van der Waals surface area contributed by atoms with Crippen LogP contribution in [0.15, 0.2) is 6.07 Å². The summed E-state index contributed by atoms with van der Waals surface area (Å²) in [6.45, 7) is 9.73. The maximum Gasteiger partial charge on any atom is 0.272 e. The minimum Gasteiger partial charge on any atom is -0.347 e. The van der Waals surface area contributed by atoms with Crippen molar-refractivity contribution in [2.75, 3.05) is 6.54 Å². The Morgan fingerprint density at radius 2 is 1.96 bits per heavy atom. The lowest BCUT2D eigenvalue weighted by Gasteiger charge is -2.22. The number of nitrogens with zero attached hydrogens (tertiary/aromatic N) is 3. The Morgan fingerprint density at radius 1 is 1.25 bits per heavy atom. The third-order valence-electron chi connectivity index (χ3n) is 5.57. The van der Waals surface area contributed by atoms with Crippen LogP contribution in [-0.4, -0.2) is 45.3 Å². The lowest BCUT2D eigenvalue weighted by Crippen LogP contribution is -2.38. The molecule has 2 heterocycles. The molecule has 0 bridgehead atoms. The van der Waals surface area contributed by atoms with Gasteiger partial charge in [-0.05, 0) is 65.9 Å². The Bertz CT molecular complexity index is 636. The molecule has 2 aliphatic carbocycles. The second-order valence-electron chi connectivity index (χ2n) is 8.99. The fourth-order valence-corrected chi connectivity index (χ4v) is 4.05. The molecule has 1 N–H and O–H groups in total. The molecule has 1 aromatic heterocycles. The standard InChI is InChI=1S/C19H30N4O/c1-12-9-14(11-22(12)15-7-8-15)20-18(24)16-10-17(13-5-6-13)23(21-16)19(2,3)4/h10,12-15H,5-9,11H2,1-4H3,(H,20,24). The summed E-state index contributed by atoms with van der Waals surface area (Å²) in [5.41, 5.74) is 1.73. The van der Waals surface area contributed by atoms with Gasteiger partial charge in [0.1, 0.15) is 5.69 Å². The normalized spacial score (nSPS) is 28.3. The first-order chi connectivity index (χ1) is 11.3. The Morgan fingerprint density at radius 3 is 2.54 bits per heavy atom. The van der Waals surface area contributed by atoms with E-state index in [1.165, 1.54) is 31.4 Å². The maximum atomic E-state index is 12.7. The van der Waals surface area contributed by atoms with Gasteiger partial charge in [-0.2, -0.15) is 5.10 Å². The van der Waals surface area contributed by atoms with Crippen LogP contribution in [-0.2, 0) is 5.54 Å². The molecular weight excluding hydrogens is 300 g/mol. The van der Waals surface area contributed by atoms with E-state index in [1.807, 2.05) is 6.07 Å². The van der Waals surface area contributed by atoms with Gasteiger partial charge in [-0.15, -0.1) is 0 Å². The molecule has 24 heavy (non-hydrogen) atoms. The number of rotatable bonds is 4. The molecule has 3 fully saturated rings. The van der Waals surface area contributed by atoms with Crippen LogP contribution in [0.3, 0.4) is 0 Å². The van der Waals surface area contributed by atoms with Crippen LogP contribution in [0.2, 0.25) is 0 Å². The van der Waals surface area contributed by atoms with E-state index in [2.05, 4.69) is 47.7 Å². The average Bonchev–Trinajstić information content (AvgIpc) is 3.42. The highest BCUT2D eigenvalue weighted by Crippen LogP contribution is 2.41. The van der Waals surface area contributed by atoms with Crippen LogP contribution in [0.4, 0.5) is 0 Å². The van der Waals surface area contributed by atoms with Gasteiger partial charge in [0.05, 0.1) is 5.54 Å². The topological polar surface area (TPSA) is 50.2 Å². The van der Waals surface area contributed by atoms with Gasteiger partial charge in [0.25, 0.3) is 5.91 Å². The summed E-state index contributed by atoms with van der Waals surface area (Å²) in [5, 5.41) is 7.89. The lowest BCUT2D eigenvalue weighted by molar-refractivity contribution is 0.0931. The number of hydrogen-bond donors (Lipinski definition) is 1. The summed E-state index contributed by atoms with van der Waals surface area (Å²) in [6, 6.07) is 3.63. The third kappa shape index (κ3) is 3.10. The quantitative estimate of drug-likeness (QED) is 0.923. The summed E-state index contributed by atoms with van der Waals surface area (Å²) in [4.78, 5) is 15.3. The van der Waals surface area contributed by atoms with Crippen molar-refractivity contribution in [3.8, 4) is 0 Å². The molecule has 2 atom stereocenters. The average molecular weight is 330 g/mol. The highest BCUT2D eigenvalue weighted by molar-refractivity contribution is 5.92. The van der Waals surface area contributed by atoms with E-state index in [-0.39, 0.29) is 17.5 Å². The van der Waals surface area contributed by atoms with E-state index in [4.69, 9.17) is 0 Å². The van der Waals surface area contributed by atoms with E-state index in [0.717, 1.165) is 19.0 Å². The van der Waals surface area contributed by atoms with Crippen molar-refractivity contribution in [3.05, 3.63) is 17.5 Å². The second-order valence-corrected chi connectivity index (χ2v) is 8.99. The van der Waals surface area contributed by atoms with E-state index in [0.29, 0.717) is 17.7 Å². The number of hydrogen-bond acceptors (Lipinski definition) is 3. The largest absolute Gasteiger partial charge is 0.347 e. The molecule has 1 saturated heterocycles. The minimum absolute atomic E-state index is 0.00486. The van der Waals surface area contributed by atoms with E-state index < -0.39 is 0 Å². The zero-order valence-electron chi connectivity index (χ0n) is 15.4. The Balaban J connectivity index is 1.46. The fraction of sp³-hybridized carbons (Fsp3) is 0.789. The molecule has 3 aliphatic rings. The molecule has 0 spiro atoms. The molecule has 2 saturated carbocycles. The van der Waals surface area contributed by atoms with Gasteiger partial charge in [0.15, 0.2) is 0 Å². The molecule has 1 aliphatic heterocycles. The number of nitrogens with one attached hydrogen (secondary N) is 1. The molecule has 0 aromatic carbocycles. The molecule has 2 unspecified atom stereocenters. The highest BCUT2D eigenvalue weighted by Gasteiger charge is 2.39. The van der Waals surface area contributed by atoms with Crippen molar-refractivity contribution < 1.29 is 4.79 Å². The van der Waals surface area contributed by atoms with Crippen LogP contribution < -0.4 is 5.32 Å². The van der Waals surface area contributed by atoms with Crippen LogP contribution >= 0.6 is 0 Å². The van der Waals surface area contributed by atoms with Crippen molar-refractivity contribution in [2.45, 2.75) is 89.4 Å². The number of amides is 1. The molecule has 1 aromatic rings. The molecule has 0 radical (unpaired) electrons. The molecule has 5 nitrogen and oxygen atoms in total.